The molecule has 4 rings (SSSR count). The Morgan fingerprint density at radius 2 is 2.03 bits per heavy atom. The summed E-state index contributed by atoms with van der Waals surface area (Å²) in [6.45, 7) is 3.71. The van der Waals surface area contributed by atoms with Gasteiger partial charge in [-0.3, -0.25) is 4.79 Å². The summed E-state index contributed by atoms with van der Waals surface area (Å²) in [5, 5.41) is 4.41. The number of aryl methyl sites for hydroxylation is 1. The van der Waals surface area contributed by atoms with Crippen molar-refractivity contribution in [3.63, 3.8) is 0 Å². The van der Waals surface area contributed by atoms with Crippen molar-refractivity contribution in [2.45, 2.75) is 19.8 Å². The maximum Gasteiger partial charge on any atom is 0.253 e. The van der Waals surface area contributed by atoms with Gasteiger partial charge in [0.25, 0.3) is 5.91 Å². The van der Waals surface area contributed by atoms with Gasteiger partial charge < -0.3 is 14.4 Å². The fraction of sp³-hybridized carbons (Fsp3) is 0.381. The van der Waals surface area contributed by atoms with E-state index in [0.29, 0.717) is 37.1 Å². The summed E-state index contributed by atoms with van der Waals surface area (Å²) in [5.74, 6) is 0.346. The van der Waals surface area contributed by atoms with Gasteiger partial charge in [0.2, 0.25) is 5.88 Å². The van der Waals surface area contributed by atoms with Gasteiger partial charge in [-0.1, -0.05) is 0 Å². The van der Waals surface area contributed by atoms with Crippen LogP contribution in [-0.4, -0.2) is 52.2 Å². The van der Waals surface area contributed by atoms with Crippen molar-refractivity contribution in [1.82, 2.24) is 19.5 Å². The molecule has 0 bridgehead atoms. The molecule has 3 heterocycles. The highest BCUT2D eigenvalue weighted by Gasteiger charge is 2.25. The maximum atomic E-state index is 13.9. The molecule has 152 valence electrons. The number of benzene rings is 1. The topological polar surface area (TPSA) is 69.0 Å². The second-order valence-electron chi connectivity index (χ2n) is 7.25. The summed E-state index contributed by atoms with van der Waals surface area (Å²) in [4.78, 5) is 18.7. The fourth-order valence-electron chi connectivity index (χ4n) is 3.55. The average Bonchev–Trinajstić information content (AvgIpc) is 3.11. The minimum Gasteiger partial charge on any atom is -0.494 e. The standard InChI is InChI=1S/C21H23FN4O3/c1-14-12-26-19(23-14)5-6-20(24-26)29-13-15-7-9-25(10-8-15)21(27)16-3-4-18(28-2)17(22)11-16/h3-6,11-12,15H,7-10,13H2,1-2H3. The molecule has 2 aromatic heterocycles. The van der Waals surface area contributed by atoms with Crippen LogP contribution in [0.25, 0.3) is 5.65 Å². The van der Waals surface area contributed by atoms with Crippen LogP contribution in [0.5, 0.6) is 11.6 Å². The quantitative estimate of drug-likeness (QED) is 0.661. The Bertz CT molecular complexity index is 1030. The Morgan fingerprint density at radius 3 is 2.76 bits per heavy atom. The number of hydrogen-bond donors (Lipinski definition) is 0. The lowest BCUT2D eigenvalue weighted by Crippen LogP contribution is -2.39. The number of nitrogens with zero attached hydrogens (tertiary/aromatic N) is 4. The first-order valence-electron chi connectivity index (χ1n) is 9.62. The number of piperidine rings is 1. The molecule has 1 aliphatic heterocycles. The van der Waals surface area contributed by atoms with E-state index in [0.717, 1.165) is 24.2 Å². The van der Waals surface area contributed by atoms with E-state index in [1.54, 1.807) is 15.5 Å². The van der Waals surface area contributed by atoms with E-state index in [2.05, 4.69) is 10.1 Å². The minimum absolute atomic E-state index is 0.134. The number of carbonyl (C=O) groups is 1. The van der Waals surface area contributed by atoms with Crippen LogP contribution in [0, 0.1) is 18.7 Å². The van der Waals surface area contributed by atoms with Crippen LogP contribution in [0.1, 0.15) is 28.9 Å². The number of amides is 1. The molecule has 1 amide bonds. The zero-order valence-electron chi connectivity index (χ0n) is 16.5. The Kier molecular flexibility index (Phi) is 5.33. The second-order valence-corrected chi connectivity index (χ2v) is 7.25. The van der Waals surface area contributed by atoms with E-state index in [4.69, 9.17) is 9.47 Å². The number of rotatable bonds is 5. The third kappa shape index (κ3) is 4.16. The molecule has 3 aromatic rings. The van der Waals surface area contributed by atoms with Crippen molar-refractivity contribution in [2.24, 2.45) is 5.92 Å². The first kappa shape index (κ1) is 19.2. The first-order chi connectivity index (χ1) is 14.0. The van der Waals surface area contributed by atoms with E-state index < -0.39 is 5.82 Å². The number of hydrogen-bond acceptors (Lipinski definition) is 5. The third-order valence-electron chi connectivity index (χ3n) is 5.18. The van der Waals surface area contributed by atoms with Gasteiger partial charge in [0, 0.05) is 24.7 Å². The Labute approximate surface area is 168 Å². The fourth-order valence-corrected chi connectivity index (χ4v) is 3.55. The van der Waals surface area contributed by atoms with Gasteiger partial charge in [-0.15, -0.1) is 5.10 Å². The van der Waals surface area contributed by atoms with Crippen molar-refractivity contribution in [2.75, 3.05) is 26.8 Å². The van der Waals surface area contributed by atoms with Gasteiger partial charge in [0.15, 0.2) is 17.2 Å². The number of fused-ring (bicyclic) bond motifs is 1. The zero-order chi connectivity index (χ0) is 20.4. The van der Waals surface area contributed by atoms with E-state index in [1.807, 2.05) is 25.3 Å². The van der Waals surface area contributed by atoms with E-state index >= 15 is 0 Å². The molecule has 1 aromatic carbocycles. The first-order valence-corrected chi connectivity index (χ1v) is 9.62. The molecule has 0 radical (unpaired) electrons. The molecule has 0 unspecified atom stereocenters. The molecule has 1 fully saturated rings. The lowest BCUT2D eigenvalue weighted by Gasteiger charge is -2.31. The molecule has 1 aliphatic rings. The molecule has 29 heavy (non-hydrogen) atoms. The molecule has 0 saturated carbocycles. The lowest BCUT2D eigenvalue weighted by atomic mass is 9.97. The highest BCUT2D eigenvalue weighted by molar-refractivity contribution is 5.94. The minimum atomic E-state index is -0.529. The van der Waals surface area contributed by atoms with E-state index in [1.165, 1.54) is 19.2 Å². The predicted octanol–water partition coefficient (Wildman–Crippen LogP) is 3.12. The average molecular weight is 398 g/mol. The Morgan fingerprint density at radius 1 is 1.24 bits per heavy atom. The highest BCUT2D eigenvalue weighted by atomic mass is 19.1. The second kappa shape index (κ2) is 8.06. The number of ether oxygens (including phenoxy) is 2. The smallest absolute Gasteiger partial charge is 0.253 e. The highest BCUT2D eigenvalue weighted by Crippen LogP contribution is 2.23. The van der Waals surface area contributed by atoms with Crippen LogP contribution >= 0.6 is 0 Å². The summed E-state index contributed by atoms with van der Waals surface area (Å²) in [6.07, 6.45) is 3.52. The van der Waals surface area contributed by atoms with Crippen molar-refractivity contribution in [3.05, 3.63) is 53.6 Å². The number of methoxy groups -OCH3 is 1. The molecular weight excluding hydrogens is 375 g/mol. The molecule has 7 nitrogen and oxygen atoms in total. The van der Waals surface area contributed by atoms with Gasteiger partial charge in [-0.05, 0) is 49.9 Å². The number of likely N-dealkylation sites (tertiary alicyclic amines) is 1. The van der Waals surface area contributed by atoms with Gasteiger partial charge in [-0.2, -0.15) is 0 Å². The molecule has 0 aliphatic carbocycles. The van der Waals surface area contributed by atoms with Crippen molar-refractivity contribution < 1.29 is 18.7 Å². The lowest BCUT2D eigenvalue weighted by molar-refractivity contribution is 0.0658. The molecule has 1 saturated heterocycles. The van der Waals surface area contributed by atoms with Crippen LogP contribution in [0.15, 0.2) is 36.5 Å². The van der Waals surface area contributed by atoms with Gasteiger partial charge in [0.05, 0.1) is 25.6 Å². The van der Waals surface area contributed by atoms with Gasteiger partial charge >= 0.3 is 0 Å². The predicted molar refractivity (Wildman–Crippen MR) is 105 cm³/mol. The maximum absolute atomic E-state index is 13.9. The van der Waals surface area contributed by atoms with Crippen LogP contribution in [0.2, 0.25) is 0 Å². The summed E-state index contributed by atoms with van der Waals surface area (Å²) < 4.78 is 26.3. The van der Waals surface area contributed by atoms with Gasteiger partial charge in [0.1, 0.15) is 0 Å². The van der Waals surface area contributed by atoms with Gasteiger partial charge in [-0.25, -0.2) is 13.9 Å². The molecule has 8 heteroatoms. The third-order valence-corrected chi connectivity index (χ3v) is 5.18. The SMILES string of the molecule is COc1ccc(C(=O)N2CCC(COc3ccc4nc(C)cn4n3)CC2)cc1F. The summed E-state index contributed by atoms with van der Waals surface area (Å²) in [7, 11) is 1.40. The Hall–Kier alpha value is -3.16. The largest absolute Gasteiger partial charge is 0.494 e. The van der Waals surface area contributed by atoms with Crippen LogP contribution in [-0.2, 0) is 0 Å². The molecule has 0 N–H and O–H groups in total. The number of aromatic nitrogens is 3. The number of imidazole rings is 1. The van der Waals surface area contributed by atoms with Crippen LogP contribution in [0.4, 0.5) is 4.39 Å². The normalized spacial score (nSPS) is 14.9. The monoisotopic (exact) mass is 398 g/mol. The summed E-state index contributed by atoms with van der Waals surface area (Å²) >= 11 is 0. The van der Waals surface area contributed by atoms with Crippen LogP contribution < -0.4 is 9.47 Å². The summed E-state index contributed by atoms with van der Waals surface area (Å²) in [5.41, 5.74) is 2.03. The van der Waals surface area contributed by atoms with Crippen LogP contribution in [0.3, 0.4) is 0 Å². The van der Waals surface area contributed by atoms with Crippen molar-refractivity contribution in [3.8, 4) is 11.6 Å². The summed E-state index contributed by atoms with van der Waals surface area (Å²) in [6, 6.07) is 8.01. The number of carbonyl (C=O) groups excluding carboxylic acids is 1. The Balaban J connectivity index is 1.30. The van der Waals surface area contributed by atoms with Crippen molar-refractivity contribution >= 4 is 11.6 Å². The number of halogens is 1. The molecule has 0 atom stereocenters. The molecule has 0 spiro atoms. The van der Waals surface area contributed by atoms with Crippen molar-refractivity contribution in [1.29, 1.82) is 0 Å². The molecular formula is C21H23FN4O3. The van der Waals surface area contributed by atoms with E-state index in [9.17, 15) is 9.18 Å². The van der Waals surface area contributed by atoms with E-state index in [-0.39, 0.29) is 11.7 Å². The zero-order valence-corrected chi connectivity index (χ0v) is 16.5.